The summed E-state index contributed by atoms with van der Waals surface area (Å²) < 4.78 is -0.598. The van der Waals surface area contributed by atoms with E-state index in [1.807, 2.05) is 14.7 Å². The van der Waals surface area contributed by atoms with E-state index in [0.717, 1.165) is 38.5 Å². The van der Waals surface area contributed by atoms with Crippen molar-refractivity contribution >= 4 is 29.5 Å². The minimum Gasteiger partial charge on any atom is -0.396 e. The first-order valence-electron chi connectivity index (χ1n) is 15.2. The Bertz CT molecular complexity index is 960. The Hall–Kier alpha value is -1.80. The number of unbranched alkanes of at least 4 members (excludes halogenated alkanes) is 2. The van der Waals surface area contributed by atoms with Crippen molar-refractivity contribution in [3.05, 3.63) is 25.3 Å². The summed E-state index contributed by atoms with van der Waals surface area (Å²) in [5.41, 5.74) is -0.437. The number of carbonyl (C=O) groups excluding carboxylic acids is 3. The maximum absolute atomic E-state index is 14.8. The fourth-order valence-corrected chi connectivity index (χ4v) is 9.96. The molecule has 0 aromatic heterocycles. The van der Waals surface area contributed by atoms with Gasteiger partial charge in [-0.1, -0.05) is 39.8 Å². The number of hydrogen-bond donors (Lipinski definition) is 1. The van der Waals surface area contributed by atoms with Crippen LogP contribution in [0.2, 0.25) is 0 Å². The standard InChI is InChI=1S/C32H53N3O4S/c1-9-17-33(18-10-2)27(37)24-23-15-16-32(40-23)25(24)28(38)34(20-13-12-14-21-36)26(32)29(39)35(19-11-3)31(7,8)22-30(4,5)6/h9,11,23-26,36H,1,3,10,12-22H2,2,4-8H3/t23-,24+,25+,26?,32?/m1/s1. The van der Waals surface area contributed by atoms with Crippen molar-refractivity contribution in [3.8, 4) is 0 Å². The van der Waals surface area contributed by atoms with Crippen LogP contribution in [-0.2, 0) is 14.4 Å². The Labute approximate surface area is 246 Å². The van der Waals surface area contributed by atoms with E-state index in [4.69, 9.17) is 0 Å². The maximum Gasteiger partial charge on any atom is 0.247 e. The number of aliphatic hydroxyl groups excluding tert-OH is 1. The fourth-order valence-electron chi connectivity index (χ4n) is 7.76. The van der Waals surface area contributed by atoms with Crippen LogP contribution in [0.5, 0.6) is 0 Å². The molecule has 2 bridgehead atoms. The molecule has 3 saturated heterocycles. The van der Waals surface area contributed by atoms with Gasteiger partial charge < -0.3 is 19.8 Å². The molecule has 226 valence electrons. The Morgan fingerprint density at radius 1 is 1.10 bits per heavy atom. The van der Waals surface area contributed by atoms with Crippen molar-refractivity contribution in [3.63, 3.8) is 0 Å². The van der Waals surface area contributed by atoms with E-state index in [0.29, 0.717) is 32.6 Å². The van der Waals surface area contributed by atoms with E-state index in [1.54, 1.807) is 23.9 Å². The summed E-state index contributed by atoms with van der Waals surface area (Å²) in [6, 6.07) is -0.606. The molecular formula is C32H53N3O4S. The van der Waals surface area contributed by atoms with Gasteiger partial charge in [-0.25, -0.2) is 0 Å². The lowest BCUT2D eigenvalue weighted by molar-refractivity contribution is -0.147. The number of hydrogen-bond acceptors (Lipinski definition) is 5. The summed E-state index contributed by atoms with van der Waals surface area (Å²) in [5, 5.41) is 9.36. The number of likely N-dealkylation sites (tertiary alicyclic amines) is 1. The lowest BCUT2D eigenvalue weighted by Crippen LogP contribution is -2.60. The molecule has 0 aromatic rings. The summed E-state index contributed by atoms with van der Waals surface area (Å²) >= 11 is 1.74. The Kier molecular flexibility index (Phi) is 10.6. The highest BCUT2D eigenvalue weighted by Crippen LogP contribution is 2.67. The van der Waals surface area contributed by atoms with Crippen molar-refractivity contribution in [2.24, 2.45) is 17.3 Å². The van der Waals surface area contributed by atoms with Gasteiger partial charge in [-0.15, -0.1) is 24.9 Å². The molecule has 40 heavy (non-hydrogen) atoms. The number of carbonyl (C=O) groups is 3. The monoisotopic (exact) mass is 575 g/mol. The predicted molar refractivity (Wildman–Crippen MR) is 164 cm³/mol. The molecule has 0 aromatic carbocycles. The average Bonchev–Trinajstić information content (AvgIpc) is 3.50. The van der Waals surface area contributed by atoms with Gasteiger partial charge in [-0.05, 0) is 64.2 Å². The minimum absolute atomic E-state index is 0.00542. The highest BCUT2D eigenvalue weighted by molar-refractivity contribution is 8.02. The molecule has 5 atom stereocenters. The van der Waals surface area contributed by atoms with E-state index in [-0.39, 0.29) is 35.0 Å². The van der Waals surface area contributed by atoms with Gasteiger partial charge in [-0.3, -0.25) is 14.4 Å². The van der Waals surface area contributed by atoms with Gasteiger partial charge in [0.05, 0.1) is 16.6 Å². The maximum atomic E-state index is 14.8. The molecule has 3 aliphatic heterocycles. The van der Waals surface area contributed by atoms with Gasteiger partial charge in [0.2, 0.25) is 17.7 Å². The van der Waals surface area contributed by atoms with Gasteiger partial charge in [-0.2, -0.15) is 0 Å². The molecule has 1 spiro atoms. The van der Waals surface area contributed by atoms with Gasteiger partial charge >= 0.3 is 0 Å². The third-order valence-electron chi connectivity index (χ3n) is 8.80. The second kappa shape index (κ2) is 13.0. The Morgan fingerprint density at radius 2 is 1.77 bits per heavy atom. The normalized spacial score (nSPS) is 27.6. The summed E-state index contributed by atoms with van der Waals surface area (Å²) in [6.07, 6.45) is 8.96. The molecule has 0 radical (unpaired) electrons. The number of thioether (sulfide) groups is 1. The Balaban J connectivity index is 2.05. The molecule has 0 aliphatic carbocycles. The molecule has 7 nitrogen and oxygen atoms in total. The third kappa shape index (κ3) is 6.33. The highest BCUT2D eigenvalue weighted by Gasteiger charge is 2.74. The first-order valence-corrected chi connectivity index (χ1v) is 16.1. The predicted octanol–water partition coefficient (Wildman–Crippen LogP) is 4.89. The van der Waals surface area contributed by atoms with Crippen LogP contribution in [0.4, 0.5) is 0 Å². The molecule has 3 amide bonds. The molecule has 3 rings (SSSR count). The summed E-state index contributed by atoms with van der Waals surface area (Å²) in [5.74, 6) is -0.937. The van der Waals surface area contributed by atoms with Crippen molar-refractivity contribution in [1.82, 2.24) is 14.7 Å². The summed E-state index contributed by atoms with van der Waals surface area (Å²) in [4.78, 5) is 48.7. The van der Waals surface area contributed by atoms with Gasteiger partial charge in [0.15, 0.2) is 0 Å². The zero-order valence-corrected chi connectivity index (χ0v) is 26.6. The zero-order valence-electron chi connectivity index (χ0n) is 25.8. The topological polar surface area (TPSA) is 81.2 Å². The first-order chi connectivity index (χ1) is 18.8. The van der Waals surface area contributed by atoms with Crippen LogP contribution in [0.3, 0.4) is 0 Å². The van der Waals surface area contributed by atoms with Crippen LogP contribution in [0.25, 0.3) is 0 Å². The molecule has 8 heteroatoms. The SMILES string of the molecule is C=CCN(CCC)C(=O)[C@@H]1[C@H]2C(=O)N(CCCCCO)C(C(=O)N(CC=C)C(C)(C)CC(C)(C)C)C23CC[C@H]1S3. The summed E-state index contributed by atoms with van der Waals surface area (Å²) in [6.45, 7) is 22.7. The zero-order chi connectivity index (χ0) is 29.9. The third-order valence-corrected chi connectivity index (χ3v) is 10.8. The molecule has 0 saturated carbocycles. The van der Waals surface area contributed by atoms with Crippen LogP contribution < -0.4 is 0 Å². The lowest BCUT2D eigenvalue weighted by Gasteiger charge is -2.46. The average molecular weight is 576 g/mol. The van der Waals surface area contributed by atoms with E-state index in [1.165, 1.54) is 0 Å². The van der Waals surface area contributed by atoms with Crippen LogP contribution in [0.15, 0.2) is 25.3 Å². The van der Waals surface area contributed by atoms with E-state index in [2.05, 4.69) is 54.7 Å². The summed E-state index contributed by atoms with van der Waals surface area (Å²) in [7, 11) is 0. The number of nitrogens with zero attached hydrogens (tertiary/aromatic N) is 3. The fraction of sp³-hybridized carbons (Fsp3) is 0.781. The van der Waals surface area contributed by atoms with Gasteiger partial charge in [0.1, 0.15) is 6.04 Å². The smallest absolute Gasteiger partial charge is 0.247 e. The molecule has 1 N–H and O–H groups in total. The largest absolute Gasteiger partial charge is 0.396 e. The van der Waals surface area contributed by atoms with Crippen LogP contribution >= 0.6 is 11.8 Å². The Morgan fingerprint density at radius 3 is 2.35 bits per heavy atom. The molecule has 2 unspecified atom stereocenters. The second-order valence-electron chi connectivity index (χ2n) is 13.7. The molecule has 3 heterocycles. The van der Waals surface area contributed by atoms with Gasteiger partial charge in [0.25, 0.3) is 0 Å². The second-order valence-corrected chi connectivity index (χ2v) is 15.3. The number of fused-ring (bicyclic) bond motifs is 1. The number of rotatable bonds is 15. The first kappa shape index (κ1) is 32.7. The quantitative estimate of drug-likeness (QED) is 0.222. The van der Waals surface area contributed by atoms with E-state index < -0.39 is 28.2 Å². The van der Waals surface area contributed by atoms with Crippen molar-refractivity contribution in [1.29, 1.82) is 0 Å². The van der Waals surface area contributed by atoms with Crippen LogP contribution in [-0.4, -0.2) is 91.9 Å². The van der Waals surface area contributed by atoms with Crippen LogP contribution in [0, 0.1) is 17.3 Å². The number of aliphatic hydroxyl groups is 1. The molecule has 3 aliphatic rings. The minimum atomic E-state index is -0.606. The molecule has 3 fully saturated rings. The van der Waals surface area contributed by atoms with Crippen molar-refractivity contribution in [2.75, 3.05) is 32.8 Å². The van der Waals surface area contributed by atoms with Gasteiger partial charge in [0, 0.05) is 43.6 Å². The van der Waals surface area contributed by atoms with E-state index >= 15 is 0 Å². The van der Waals surface area contributed by atoms with E-state index in [9.17, 15) is 19.5 Å². The van der Waals surface area contributed by atoms with Crippen LogP contribution in [0.1, 0.15) is 86.5 Å². The highest BCUT2D eigenvalue weighted by atomic mass is 32.2. The van der Waals surface area contributed by atoms with Crippen molar-refractivity contribution < 1.29 is 19.5 Å². The molecular weight excluding hydrogens is 522 g/mol. The van der Waals surface area contributed by atoms with Crippen molar-refractivity contribution in [2.45, 2.75) is 108 Å². The lowest BCUT2D eigenvalue weighted by atomic mass is 9.70. The number of amides is 3.